The Balaban J connectivity index is 1.17. The Morgan fingerprint density at radius 3 is 2.34 bits per heavy atom. The number of benzene rings is 4. The molecule has 0 spiro atoms. The number of aromatic nitrogens is 1. The molecule has 1 fully saturated rings. The van der Waals surface area contributed by atoms with Gasteiger partial charge in [-0.15, -0.1) is 0 Å². The molecule has 4 aromatic carbocycles. The molecule has 3 aliphatic heterocycles. The summed E-state index contributed by atoms with van der Waals surface area (Å²) in [5.74, 6) is -1.87. The van der Waals surface area contributed by atoms with Crippen LogP contribution in [0.4, 0.5) is 17.6 Å². The number of halogens is 4. The van der Waals surface area contributed by atoms with Gasteiger partial charge in [-0.05, 0) is 60.0 Å². The van der Waals surface area contributed by atoms with Crippen molar-refractivity contribution < 1.29 is 26.7 Å². The van der Waals surface area contributed by atoms with Gasteiger partial charge in [-0.3, -0.25) is 4.90 Å². The van der Waals surface area contributed by atoms with E-state index in [2.05, 4.69) is 48.4 Å². The van der Waals surface area contributed by atoms with Crippen LogP contribution >= 0.6 is 0 Å². The highest BCUT2D eigenvalue weighted by Gasteiger charge is 2.63. The van der Waals surface area contributed by atoms with Crippen LogP contribution in [-0.2, 0) is 15.9 Å². The lowest BCUT2D eigenvalue weighted by molar-refractivity contribution is 0.0200. The smallest absolute Gasteiger partial charge is 0.266 e. The zero-order valence-electron chi connectivity index (χ0n) is 28.6. The van der Waals surface area contributed by atoms with E-state index in [1.165, 1.54) is 36.8 Å². The van der Waals surface area contributed by atoms with Gasteiger partial charge in [-0.2, -0.15) is 0 Å². The molecule has 1 aromatic heterocycles. The van der Waals surface area contributed by atoms with Gasteiger partial charge in [0.25, 0.3) is 8.32 Å². The van der Waals surface area contributed by atoms with E-state index in [4.69, 9.17) is 9.16 Å². The first kappa shape index (κ1) is 33.2. The molecular weight excluding hydrogens is 659 g/mol. The molecule has 4 atom stereocenters. The Hall–Kier alpha value is -3.96. The highest BCUT2D eigenvalue weighted by molar-refractivity contribution is 7.03. The van der Waals surface area contributed by atoms with E-state index in [-0.39, 0.29) is 41.6 Å². The summed E-state index contributed by atoms with van der Waals surface area (Å²) in [5, 5.41) is 5.63. The van der Waals surface area contributed by atoms with Gasteiger partial charge in [0.2, 0.25) is 0 Å². The Morgan fingerprint density at radius 2 is 1.64 bits per heavy atom. The monoisotopic (exact) mass is 699 g/mol. The number of nitrogens with one attached hydrogen (secondary N) is 2. The molecule has 0 radical (unpaired) electrons. The Morgan fingerprint density at radius 1 is 0.940 bits per heavy atom. The summed E-state index contributed by atoms with van der Waals surface area (Å²) in [7, 11) is -2.90. The summed E-state index contributed by atoms with van der Waals surface area (Å²) in [5.41, 5.74) is 1.04. The van der Waals surface area contributed by atoms with Gasteiger partial charge in [-0.1, -0.05) is 68.4 Å². The van der Waals surface area contributed by atoms with Crippen molar-refractivity contribution in [3.05, 3.63) is 125 Å². The van der Waals surface area contributed by atoms with E-state index in [1.54, 1.807) is 6.07 Å². The molecule has 8 rings (SSSR count). The number of nitrogens with zero attached hydrogens (tertiary/aromatic N) is 1. The van der Waals surface area contributed by atoms with E-state index < -0.39 is 37.5 Å². The predicted molar refractivity (Wildman–Crippen MR) is 190 cm³/mol. The standard InChI is InChI=1S/C40H41F4N3O2Si/c1-24-16-30-29-17-25(41)14-15-34(29)46-37(30)38(36-32(42)18-26(19-33(36)43)49-27-20-45-21-27)47(24)22-40(4,44)23-48-50(28-10-6-5-7-11-28)35-13-9-8-12-31(35)39(50,2)3/h5-15,17-19,24,27,38,45-46H,16,20-23H2,1-4H3. The summed E-state index contributed by atoms with van der Waals surface area (Å²) in [6.07, 6.45) is 0.276. The second-order valence-electron chi connectivity index (χ2n) is 15.0. The summed E-state index contributed by atoms with van der Waals surface area (Å²) in [4.78, 5) is 5.16. The largest absolute Gasteiger partial charge is 0.488 e. The zero-order valence-corrected chi connectivity index (χ0v) is 29.6. The maximum atomic E-state index is 17.2. The van der Waals surface area contributed by atoms with Gasteiger partial charge < -0.3 is 19.5 Å². The van der Waals surface area contributed by atoms with Crippen molar-refractivity contribution in [2.75, 3.05) is 26.2 Å². The molecule has 0 aliphatic carbocycles. The first-order valence-electron chi connectivity index (χ1n) is 17.3. The fourth-order valence-corrected chi connectivity index (χ4v) is 13.6. The second kappa shape index (κ2) is 12.1. The second-order valence-corrected chi connectivity index (χ2v) is 19.0. The Bertz CT molecular complexity index is 2060. The van der Waals surface area contributed by atoms with Crippen LogP contribution in [0.5, 0.6) is 5.75 Å². The average Bonchev–Trinajstić information content (AvgIpc) is 3.41. The highest BCUT2D eigenvalue weighted by atomic mass is 28.4. The van der Waals surface area contributed by atoms with Crippen molar-refractivity contribution in [2.24, 2.45) is 0 Å². The van der Waals surface area contributed by atoms with Crippen LogP contribution in [0.3, 0.4) is 0 Å². The van der Waals surface area contributed by atoms with E-state index in [0.717, 1.165) is 15.9 Å². The normalized spacial score (nSPS) is 24.2. The van der Waals surface area contributed by atoms with Crippen molar-refractivity contribution in [1.29, 1.82) is 0 Å². The molecule has 10 heteroatoms. The van der Waals surface area contributed by atoms with Gasteiger partial charge in [0.1, 0.15) is 35.0 Å². The molecule has 0 bridgehead atoms. The third-order valence-corrected chi connectivity index (χ3v) is 16.0. The number of alkyl halides is 1. The third-order valence-electron chi connectivity index (χ3n) is 11.1. The first-order chi connectivity index (χ1) is 23.9. The summed E-state index contributed by atoms with van der Waals surface area (Å²) in [6.45, 7) is 8.61. The lowest BCUT2D eigenvalue weighted by Gasteiger charge is -2.55. The van der Waals surface area contributed by atoms with E-state index in [1.807, 2.05) is 42.2 Å². The number of hydrogen-bond acceptors (Lipinski definition) is 4. The molecule has 50 heavy (non-hydrogen) atoms. The summed E-state index contributed by atoms with van der Waals surface area (Å²) >= 11 is 0. The van der Waals surface area contributed by atoms with Crippen LogP contribution in [0.1, 0.15) is 56.1 Å². The molecule has 0 saturated carbocycles. The van der Waals surface area contributed by atoms with Crippen molar-refractivity contribution in [3.8, 4) is 5.75 Å². The fraction of sp³-hybridized carbons (Fsp3) is 0.350. The Labute approximate surface area is 290 Å². The van der Waals surface area contributed by atoms with Crippen molar-refractivity contribution in [3.63, 3.8) is 0 Å². The van der Waals surface area contributed by atoms with Gasteiger partial charge in [0.15, 0.2) is 0 Å². The molecule has 1 saturated heterocycles. The van der Waals surface area contributed by atoms with Crippen LogP contribution in [-0.4, -0.2) is 62.3 Å². The summed E-state index contributed by atoms with van der Waals surface area (Å²) < 4.78 is 76.9. The van der Waals surface area contributed by atoms with Crippen LogP contribution < -0.4 is 20.4 Å². The number of H-pyrrole nitrogens is 1. The number of aromatic amines is 1. The molecule has 5 aromatic rings. The minimum Gasteiger partial charge on any atom is -0.488 e. The van der Waals surface area contributed by atoms with Crippen LogP contribution in [0.15, 0.2) is 84.9 Å². The van der Waals surface area contributed by atoms with Gasteiger partial charge in [-0.25, -0.2) is 17.6 Å². The number of ether oxygens (including phenoxy) is 1. The number of fused-ring (bicyclic) bond motifs is 4. The lowest BCUT2D eigenvalue weighted by Crippen LogP contribution is -2.81. The molecule has 4 unspecified atom stereocenters. The fourth-order valence-electron chi connectivity index (χ4n) is 8.53. The molecule has 2 N–H and O–H groups in total. The van der Waals surface area contributed by atoms with E-state index in [9.17, 15) is 4.39 Å². The molecule has 5 nitrogen and oxygen atoms in total. The number of hydrogen-bond donors (Lipinski definition) is 2. The zero-order chi connectivity index (χ0) is 35.0. The number of rotatable bonds is 9. The lowest BCUT2D eigenvalue weighted by atomic mass is 9.87. The maximum absolute atomic E-state index is 17.2. The van der Waals surface area contributed by atoms with E-state index in [0.29, 0.717) is 36.1 Å². The topological polar surface area (TPSA) is 49.5 Å². The Kier molecular flexibility index (Phi) is 8.02. The van der Waals surface area contributed by atoms with Crippen molar-refractivity contribution in [1.82, 2.24) is 15.2 Å². The van der Waals surface area contributed by atoms with Crippen molar-refractivity contribution >= 4 is 29.6 Å². The molecular formula is C40H41F4N3O2Si. The van der Waals surface area contributed by atoms with Crippen LogP contribution in [0, 0.1) is 17.5 Å². The SMILES string of the molecule is CC1Cc2c([nH]c3ccc(F)cc23)C(c2c(F)cc(OC3CNC3)cc2F)N1CC(C)(F)CO[Si]1(c2ccccc2)c2ccccc2C1(C)C. The average molecular weight is 700 g/mol. The molecule has 260 valence electrons. The summed E-state index contributed by atoms with van der Waals surface area (Å²) in [6, 6.07) is 23.8. The predicted octanol–water partition coefficient (Wildman–Crippen LogP) is 6.61. The van der Waals surface area contributed by atoms with Crippen LogP contribution in [0.25, 0.3) is 10.9 Å². The minimum absolute atomic E-state index is 0.105. The quantitative estimate of drug-likeness (QED) is 0.135. The molecule has 0 amide bonds. The first-order valence-corrected chi connectivity index (χ1v) is 19.2. The van der Waals surface area contributed by atoms with E-state index >= 15 is 13.2 Å². The van der Waals surface area contributed by atoms with Gasteiger partial charge >= 0.3 is 0 Å². The molecule has 4 heterocycles. The van der Waals surface area contributed by atoms with Crippen molar-refractivity contribution in [2.45, 2.75) is 63.0 Å². The molecule has 3 aliphatic rings. The highest BCUT2D eigenvalue weighted by Crippen LogP contribution is 2.46. The third kappa shape index (κ3) is 5.22. The minimum atomic E-state index is -2.90. The van der Waals surface area contributed by atoms with Crippen LogP contribution in [0.2, 0.25) is 0 Å². The van der Waals surface area contributed by atoms with Gasteiger partial charge in [0, 0.05) is 65.0 Å². The van der Waals surface area contributed by atoms with Gasteiger partial charge in [0.05, 0.1) is 12.6 Å². The maximum Gasteiger partial charge on any atom is 0.266 e.